The molecule has 1 nitrogen and oxygen atoms in total. The minimum absolute atomic E-state index is 0.486. The van der Waals surface area contributed by atoms with E-state index in [1.807, 2.05) is 30.3 Å². The normalized spacial score (nSPS) is 10.8. The van der Waals surface area contributed by atoms with Crippen molar-refractivity contribution in [2.75, 3.05) is 24.9 Å². The lowest BCUT2D eigenvalue weighted by Crippen LogP contribution is -2.11. The largest absolute Gasteiger partial charge is 0.673 e. The van der Waals surface area contributed by atoms with Gasteiger partial charge in [-0.3, -0.25) is 0 Å². The predicted molar refractivity (Wildman–Crippen MR) is 66.2 cm³/mol. The average molecular weight is 270 g/mol. The van der Waals surface area contributed by atoms with Crippen molar-refractivity contribution >= 4 is 18.1 Å². The first kappa shape index (κ1) is 16.2. The zero-order valence-corrected chi connectivity index (χ0v) is 10.5. The van der Waals surface area contributed by atoms with Gasteiger partial charge < -0.3 is 22.0 Å². The SMILES string of the molecule is C[S+](C)CCOc1ccccc1.F[B-](F)(F)F. The van der Waals surface area contributed by atoms with E-state index < -0.39 is 7.25 Å². The summed E-state index contributed by atoms with van der Waals surface area (Å²) in [7, 11) is -5.51. The number of para-hydroxylation sites is 1. The van der Waals surface area contributed by atoms with E-state index in [0.717, 1.165) is 18.1 Å². The Labute approximate surface area is 102 Å². The Morgan fingerprint density at radius 1 is 1.06 bits per heavy atom. The molecule has 0 aliphatic rings. The molecule has 1 rings (SSSR count). The Morgan fingerprint density at radius 2 is 1.53 bits per heavy atom. The molecule has 1 aromatic rings. The molecular formula is C10H15BF4OS. The van der Waals surface area contributed by atoms with Crippen molar-refractivity contribution in [2.45, 2.75) is 0 Å². The van der Waals surface area contributed by atoms with Crippen LogP contribution in [-0.4, -0.2) is 32.1 Å². The van der Waals surface area contributed by atoms with Crippen molar-refractivity contribution in [1.82, 2.24) is 0 Å². The van der Waals surface area contributed by atoms with E-state index in [2.05, 4.69) is 12.5 Å². The molecule has 0 saturated carbocycles. The molecule has 7 heteroatoms. The number of benzene rings is 1. The molecule has 0 radical (unpaired) electrons. The Morgan fingerprint density at radius 3 is 1.94 bits per heavy atom. The van der Waals surface area contributed by atoms with Gasteiger partial charge in [0.1, 0.15) is 18.1 Å². The smallest absolute Gasteiger partial charge is 0.489 e. The van der Waals surface area contributed by atoms with Crippen LogP contribution in [0.5, 0.6) is 5.75 Å². The zero-order valence-electron chi connectivity index (χ0n) is 9.71. The summed E-state index contributed by atoms with van der Waals surface area (Å²) >= 11 is 0. The van der Waals surface area contributed by atoms with Gasteiger partial charge in [0.15, 0.2) is 0 Å². The van der Waals surface area contributed by atoms with Crippen molar-refractivity contribution in [3.05, 3.63) is 30.3 Å². The lowest BCUT2D eigenvalue weighted by atomic mass is 10.3. The van der Waals surface area contributed by atoms with E-state index in [1.165, 1.54) is 0 Å². The van der Waals surface area contributed by atoms with Crippen molar-refractivity contribution < 1.29 is 22.0 Å². The van der Waals surface area contributed by atoms with Gasteiger partial charge in [-0.15, -0.1) is 0 Å². The topological polar surface area (TPSA) is 9.23 Å². The van der Waals surface area contributed by atoms with E-state index in [0.29, 0.717) is 10.9 Å². The molecule has 0 aromatic heterocycles. The Hall–Kier alpha value is -0.845. The van der Waals surface area contributed by atoms with E-state index in [1.54, 1.807) is 0 Å². The maximum Gasteiger partial charge on any atom is 0.673 e. The van der Waals surface area contributed by atoms with Gasteiger partial charge in [0.25, 0.3) is 0 Å². The monoisotopic (exact) mass is 270 g/mol. The third kappa shape index (κ3) is 15.2. The summed E-state index contributed by atoms with van der Waals surface area (Å²) in [6.07, 6.45) is 4.46. The van der Waals surface area contributed by atoms with Crippen LogP contribution in [0.1, 0.15) is 0 Å². The Kier molecular flexibility index (Phi) is 7.86. The van der Waals surface area contributed by atoms with Gasteiger partial charge in [-0.25, -0.2) is 0 Å². The minimum atomic E-state index is -6.00. The molecule has 0 heterocycles. The summed E-state index contributed by atoms with van der Waals surface area (Å²) in [5.41, 5.74) is 0. The van der Waals surface area contributed by atoms with Crippen LogP contribution in [0.2, 0.25) is 0 Å². The minimum Gasteiger partial charge on any atom is -0.489 e. The molecule has 0 atom stereocenters. The van der Waals surface area contributed by atoms with E-state index in [9.17, 15) is 17.3 Å². The van der Waals surface area contributed by atoms with E-state index in [4.69, 9.17) is 4.74 Å². The average Bonchev–Trinajstić information content (AvgIpc) is 2.16. The van der Waals surface area contributed by atoms with Crippen molar-refractivity contribution in [1.29, 1.82) is 0 Å². The van der Waals surface area contributed by atoms with Crippen LogP contribution in [0, 0.1) is 0 Å². The van der Waals surface area contributed by atoms with Crippen LogP contribution in [0.15, 0.2) is 30.3 Å². The van der Waals surface area contributed by atoms with Gasteiger partial charge in [0.2, 0.25) is 0 Å². The van der Waals surface area contributed by atoms with Crippen LogP contribution in [0.25, 0.3) is 0 Å². The Balaban J connectivity index is 0.000000437. The van der Waals surface area contributed by atoms with Gasteiger partial charge in [-0.1, -0.05) is 18.2 Å². The first-order valence-corrected chi connectivity index (χ1v) is 7.09. The summed E-state index contributed by atoms with van der Waals surface area (Å²) in [4.78, 5) is 0. The summed E-state index contributed by atoms with van der Waals surface area (Å²) in [5.74, 6) is 2.12. The molecule has 0 aliphatic carbocycles. The summed E-state index contributed by atoms with van der Waals surface area (Å²) < 4.78 is 44.5. The molecule has 0 amide bonds. The molecule has 1 aromatic carbocycles. The molecule has 0 unspecified atom stereocenters. The highest BCUT2D eigenvalue weighted by Crippen LogP contribution is 2.08. The number of hydrogen-bond acceptors (Lipinski definition) is 1. The standard InChI is InChI=1S/C10H15OS.BF4/c1-12(2)9-8-11-10-6-4-3-5-7-10;2-1(3,4)5/h3-7H,8-9H2,1-2H3;/q+1;-1. The van der Waals surface area contributed by atoms with E-state index in [-0.39, 0.29) is 0 Å². The van der Waals surface area contributed by atoms with Gasteiger partial charge in [0, 0.05) is 0 Å². The number of rotatable bonds is 4. The molecule has 0 saturated heterocycles. The zero-order chi connectivity index (χ0) is 13.3. The maximum atomic E-state index is 9.75. The molecule has 0 N–H and O–H groups in total. The van der Waals surface area contributed by atoms with Crippen LogP contribution >= 0.6 is 0 Å². The number of ether oxygens (including phenoxy) is 1. The first-order valence-electron chi connectivity index (χ1n) is 4.88. The fourth-order valence-electron chi connectivity index (χ4n) is 0.843. The summed E-state index contributed by atoms with van der Waals surface area (Å²) in [6, 6.07) is 9.96. The molecule has 0 fully saturated rings. The van der Waals surface area contributed by atoms with Crippen LogP contribution in [0.4, 0.5) is 17.3 Å². The van der Waals surface area contributed by atoms with Crippen molar-refractivity contribution in [3.8, 4) is 5.75 Å². The lowest BCUT2D eigenvalue weighted by molar-refractivity contribution is 0.343. The second-order valence-corrected chi connectivity index (χ2v) is 5.73. The molecular weight excluding hydrogens is 255 g/mol. The van der Waals surface area contributed by atoms with Crippen molar-refractivity contribution in [2.24, 2.45) is 0 Å². The summed E-state index contributed by atoms with van der Waals surface area (Å²) in [6.45, 7) is 0.833. The van der Waals surface area contributed by atoms with Crippen LogP contribution in [0.3, 0.4) is 0 Å². The predicted octanol–water partition coefficient (Wildman–Crippen LogP) is 3.24. The molecule has 0 bridgehead atoms. The molecule has 17 heavy (non-hydrogen) atoms. The third-order valence-corrected chi connectivity index (χ3v) is 2.49. The highest BCUT2D eigenvalue weighted by atomic mass is 32.2. The quantitative estimate of drug-likeness (QED) is 0.463. The lowest BCUT2D eigenvalue weighted by Gasteiger charge is -2.03. The van der Waals surface area contributed by atoms with Crippen LogP contribution in [-0.2, 0) is 10.9 Å². The van der Waals surface area contributed by atoms with E-state index >= 15 is 0 Å². The van der Waals surface area contributed by atoms with Gasteiger partial charge in [-0.05, 0) is 23.0 Å². The highest BCUT2D eigenvalue weighted by Gasteiger charge is 2.20. The molecule has 0 aliphatic heterocycles. The first-order chi connectivity index (χ1) is 7.79. The molecule has 98 valence electrons. The highest BCUT2D eigenvalue weighted by molar-refractivity contribution is 7.95. The summed E-state index contributed by atoms with van der Waals surface area (Å²) in [5, 5.41) is 0. The van der Waals surface area contributed by atoms with Gasteiger partial charge in [-0.2, -0.15) is 0 Å². The number of hydrogen-bond donors (Lipinski definition) is 0. The third-order valence-electron chi connectivity index (χ3n) is 1.50. The van der Waals surface area contributed by atoms with Gasteiger partial charge in [0.05, 0.1) is 12.5 Å². The number of halogens is 4. The Bertz CT molecular complexity index is 286. The van der Waals surface area contributed by atoms with Gasteiger partial charge >= 0.3 is 7.25 Å². The maximum absolute atomic E-state index is 9.75. The fourth-order valence-corrected chi connectivity index (χ4v) is 1.26. The fraction of sp³-hybridized carbons (Fsp3) is 0.400. The second kappa shape index (κ2) is 8.28. The van der Waals surface area contributed by atoms with Crippen LogP contribution < -0.4 is 4.74 Å². The second-order valence-electron chi connectivity index (χ2n) is 3.35. The molecule has 0 spiro atoms. The van der Waals surface area contributed by atoms with Crippen molar-refractivity contribution in [3.63, 3.8) is 0 Å².